The van der Waals surface area contributed by atoms with Crippen molar-refractivity contribution in [2.45, 2.75) is 0 Å². The van der Waals surface area contributed by atoms with E-state index in [0.717, 1.165) is 44.3 Å². The number of aromatic nitrogens is 4. The number of fused-ring (bicyclic) bond motifs is 6. The van der Waals surface area contributed by atoms with Crippen molar-refractivity contribution >= 4 is 43.4 Å². The van der Waals surface area contributed by atoms with Crippen molar-refractivity contribution in [2.75, 3.05) is 0 Å². The molecule has 0 fully saturated rings. The van der Waals surface area contributed by atoms with Gasteiger partial charge >= 0.3 is 0 Å². The summed E-state index contributed by atoms with van der Waals surface area (Å²) < 4.78 is 2.41. The van der Waals surface area contributed by atoms with Gasteiger partial charge in [-0.2, -0.15) is 0 Å². The van der Waals surface area contributed by atoms with Gasteiger partial charge in [-0.3, -0.25) is 0 Å². The zero-order valence-electron chi connectivity index (χ0n) is 27.6. The Hall–Kier alpha value is -6.91. The predicted molar refractivity (Wildman–Crippen MR) is 211 cm³/mol. The molecular weight excluding hydrogens is 621 g/mol. The summed E-state index contributed by atoms with van der Waals surface area (Å²) in [5, 5.41) is 7.28. The maximum atomic E-state index is 5.12. The van der Waals surface area contributed by atoms with Crippen LogP contribution in [0.2, 0.25) is 0 Å². The van der Waals surface area contributed by atoms with Crippen LogP contribution in [-0.2, 0) is 0 Å². The summed E-state index contributed by atoms with van der Waals surface area (Å²) in [6, 6.07) is 64.0. The van der Waals surface area contributed by atoms with E-state index in [2.05, 4.69) is 126 Å². The van der Waals surface area contributed by atoms with E-state index in [1.165, 1.54) is 32.6 Å². The van der Waals surface area contributed by atoms with Crippen molar-refractivity contribution in [1.29, 1.82) is 0 Å². The van der Waals surface area contributed by atoms with Crippen molar-refractivity contribution in [1.82, 2.24) is 19.5 Å². The van der Waals surface area contributed by atoms with E-state index in [9.17, 15) is 0 Å². The van der Waals surface area contributed by atoms with Crippen molar-refractivity contribution < 1.29 is 0 Å². The fourth-order valence-corrected chi connectivity index (χ4v) is 7.47. The van der Waals surface area contributed by atoms with Crippen LogP contribution in [0.1, 0.15) is 0 Å². The quantitative estimate of drug-likeness (QED) is 0.186. The Balaban J connectivity index is 1.19. The molecule has 51 heavy (non-hydrogen) atoms. The first-order chi connectivity index (χ1) is 25.3. The van der Waals surface area contributed by atoms with Crippen LogP contribution >= 0.6 is 0 Å². The van der Waals surface area contributed by atoms with Crippen LogP contribution in [0.15, 0.2) is 182 Å². The molecule has 238 valence electrons. The second kappa shape index (κ2) is 11.9. The summed E-state index contributed by atoms with van der Waals surface area (Å²) in [4.78, 5) is 15.2. The van der Waals surface area contributed by atoms with Gasteiger partial charge in [-0.1, -0.05) is 158 Å². The molecule has 0 unspecified atom stereocenters. The topological polar surface area (TPSA) is 43.6 Å². The minimum Gasteiger partial charge on any atom is -0.309 e. The van der Waals surface area contributed by atoms with E-state index in [-0.39, 0.29) is 0 Å². The Kier molecular flexibility index (Phi) is 6.78. The molecule has 10 rings (SSSR count). The average molecular weight is 651 g/mol. The molecule has 0 spiro atoms. The van der Waals surface area contributed by atoms with Gasteiger partial charge < -0.3 is 4.57 Å². The molecule has 0 aliphatic carbocycles. The smallest absolute Gasteiger partial charge is 0.164 e. The van der Waals surface area contributed by atoms with Gasteiger partial charge in [-0.25, -0.2) is 15.0 Å². The molecule has 4 heteroatoms. The van der Waals surface area contributed by atoms with Crippen LogP contribution in [0.25, 0.3) is 94.3 Å². The van der Waals surface area contributed by atoms with E-state index in [0.29, 0.717) is 17.5 Å². The molecule has 8 aromatic carbocycles. The summed E-state index contributed by atoms with van der Waals surface area (Å²) in [5.74, 6) is 1.93. The Morgan fingerprint density at radius 2 is 0.863 bits per heavy atom. The van der Waals surface area contributed by atoms with Crippen molar-refractivity contribution in [3.05, 3.63) is 182 Å². The number of benzene rings is 8. The Morgan fingerprint density at radius 3 is 1.55 bits per heavy atom. The minimum absolute atomic E-state index is 0.640. The van der Waals surface area contributed by atoms with E-state index < -0.39 is 0 Å². The third-order valence-corrected chi connectivity index (χ3v) is 9.84. The number of nitrogens with zero attached hydrogens (tertiary/aromatic N) is 4. The molecule has 0 atom stereocenters. The average Bonchev–Trinajstić information content (AvgIpc) is 3.56. The van der Waals surface area contributed by atoms with E-state index in [1.54, 1.807) is 0 Å². The second-order valence-electron chi connectivity index (χ2n) is 12.8. The Labute approximate surface area is 295 Å². The highest BCUT2D eigenvalue weighted by atomic mass is 15.0. The third kappa shape index (κ3) is 4.88. The fourth-order valence-electron chi connectivity index (χ4n) is 7.47. The Morgan fingerprint density at radius 1 is 0.333 bits per heavy atom. The molecular formula is C47H30N4. The van der Waals surface area contributed by atoms with Crippen molar-refractivity contribution in [2.24, 2.45) is 0 Å². The van der Waals surface area contributed by atoms with Gasteiger partial charge in [0, 0.05) is 44.1 Å². The van der Waals surface area contributed by atoms with Crippen molar-refractivity contribution in [3.63, 3.8) is 0 Å². The molecule has 0 radical (unpaired) electrons. The first-order valence-corrected chi connectivity index (χ1v) is 17.2. The maximum Gasteiger partial charge on any atom is 0.164 e. The normalized spacial score (nSPS) is 11.5. The van der Waals surface area contributed by atoms with E-state index >= 15 is 0 Å². The molecule has 0 N–H and O–H groups in total. The van der Waals surface area contributed by atoms with Crippen LogP contribution in [0.5, 0.6) is 0 Å². The van der Waals surface area contributed by atoms with Gasteiger partial charge in [0.25, 0.3) is 0 Å². The third-order valence-electron chi connectivity index (χ3n) is 9.84. The highest BCUT2D eigenvalue weighted by Gasteiger charge is 2.19. The van der Waals surface area contributed by atoms with Crippen LogP contribution in [0, 0.1) is 0 Å². The number of hydrogen-bond acceptors (Lipinski definition) is 3. The largest absolute Gasteiger partial charge is 0.309 e. The second-order valence-corrected chi connectivity index (χ2v) is 12.8. The summed E-state index contributed by atoms with van der Waals surface area (Å²) in [7, 11) is 0. The molecule has 0 amide bonds. The van der Waals surface area contributed by atoms with Gasteiger partial charge in [-0.05, 0) is 46.0 Å². The van der Waals surface area contributed by atoms with Crippen LogP contribution in [0.3, 0.4) is 0 Å². The lowest BCUT2D eigenvalue weighted by atomic mass is 9.92. The van der Waals surface area contributed by atoms with Gasteiger partial charge in [0.1, 0.15) is 0 Å². The molecule has 0 aliphatic heterocycles. The molecule has 10 aromatic rings. The number of para-hydroxylation sites is 1. The van der Waals surface area contributed by atoms with Gasteiger partial charge in [0.05, 0.1) is 11.0 Å². The molecule has 0 bridgehead atoms. The Bertz CT molecular complexity index is 2830. The standard InChI is InChI=1S/C47H30N4/c1-3-15-34(16-4-1)45-48-46(35-17-5-2-6-18-35)50-47(49-45)41-30-26-31-13-7-9-19-37(31)43(41)33-23-27-36(28-24-33)51-42-22-12-11-21-39(42)40-29-25-32-14-8-10-20-38(32)44(40)51/h1-30H. The summed E-state index contributed by atoms with van der Waals surface area (Å²) in [6.07, 6.45) is 0. The zero-order valence-corrected chi connectivity index (χ0v) is 27.6. The lowest BCUT2D eigenvalue weighted by Crippen LogP contribution is -2.01. The predicted octanol–water partition coefficient (Wildman–Crippen LogP) is 11.9. The molecule has 2 heterocycles. The van der Waals surface area contributed by atoms with E-state index in [1.807, 2.05) is 60.7 Å². The number of rotatable bonds is 5. The first-order valence-electron chi connectivity index (χ1n) is 17.2. The molecule has 0 saturated carbocycles. The summed E-state index contributed by atoms with van der Waals surface area (Å²) in [6.45, 7) is 0. The number of hydrogen-bond donors (Lipinski definition) is 0. The fraction of sp³-hybridized carbons (Fsp3) is 0. The summed E-state index contributed by atoms with van der Waals surface area (Å²) in [5.41, 5.74) is 8.57. The molecule has 0 aliphatic rings. The van der Waals surface area contributed by atoms with Crippen molar-refractivity contribution in [3.8, 4) is 51.0 Å². The lowest BCUT2D eigenvalue weighted by Gasteiger charge is -2.16. The van der Waals surface area contributed by atoms with Crippen LogP contribution < -0.4 is 0 Å². The highest BCUT2D eigenvalue weighted by molar-refractivity contribution is 6.18. The van der Waals surface area contributed by atoms with Gasteiger partial charge in [0.2, 0.25) is 0 Å². The van der Waals surface area contributed by atoms with Crippen LogP contribution in [0.4, 0.5) is 0 Å². The first kappa shape index (κ1) is 29.0. The molecule has 2 aromatic heterocycles. The van der Waals surface area contributed by atoms with Crippen LogP contribution in [-0.4, -0.2) is 19.5 Å². The van der Waals surface area contributed by atoms with Gasteiger partial charge in [0.15, 0.2) is 17.5 Å². The van der Waals surface area contributed by atoms with E-state index in [4.69, 9.17) is 15.0 Å². The molecule has 0 saturated heterocycles. The maximum absolute atomic E-state index is 5.12. The zero-order chi connectivity index (χ0) is 33.7. The highest BCUT2D eigenvalue weighted by Crippen LogP contribution is 2.40. The summed E-state index contributed by atoms with van der Waals surface area (Å²) >= 11 is 0. The molecule has 4 nitrogen and oxygen atoms in total. The lowest BCUT2D eigenvalue weighted by molar-refractivity contribution is 1.07. The van der Waals surface area contributed by atoms with Gasteiger partial charge in [-0.15, -0.1) is 0 Å². The SMILES string of the molecule is c1ccc(-c2nc(-c3ccccc3)nc(-c3ccc4ccccc4c3-c3ccc(-n4c5ccccc5c5ccc6ccccc6c54)cc3)n2)cc1. The minimum atomic E-state index is 0.640. The monoisotopic (exact) mass is 650 g/mol.